The molecule has 7 heteroatoms. The maximum atomic E-state index is 13.4. The summed E-state index contributed by atoms with van der Waals surface area (Å²) in [5, 5.41) is 7.26. The van der Waals surface area contributed by atoms with Crippen molar-refractivity contribution < 1.29 is 18.5 Å². The van der Waals surface area contributed by atoms with Gasteiger partial charge in [-0.3, -0.25) is 9.59 Å². The van der Waals surface area contributed by atoms with Gasteiger partial charge in [-0.15, -0.1) is 0 Å². The molecule has 1 aliphatic heterocycles. The fourth-order valence-corrected chi connectivity index (χ4v) is 3.46. The number of aromatic nitrogens is 1. The Hall–Kier alpha value is -3.22. The van der Waals surface area contributed by atoms with Gasteiger partial charge in [0.1, 0.15) is 11.5 Å². The van der Waals surface area contributed by atoms with Crippen LogP contribution in [0.1, 0.15) is 29.7 Å². The molecule has 0 aliphatic carbocycles. The summed E-state index contributed by atoms with van der Waals surface area (Å²) in [5.41, 5.74) is 2.84. The van der Waals surface area contributed by atoms with Crippen molar-refractivity contribution in [1.82, 2.24) is 15.4 Å². The number of rotatable bonds is 6. The first-order valence-electron chi connectivity index (χ1n) is 9.25. The van der Waals surface area contributed by atoms with Crippen molar-refractivity contribution in [3.8, 4) is 0 Å². The Bertz CT molecular complexity index is 1030. The molecule has 1 fully saturated rings. The number of hydrogen-bond acceptors (Lipinski definition) is 4. The summed E-state index contributed by atoms with van der Waals surface area (Å²) >= 11 is 0. The zero-order chi connectivity index (χ0) is 19.5. The number of benzene rings is 2. The zero-order valence-corrected chi connectivity index (χ0v) is 15.3. The molecule has 4 rings (SSSR count). The number of nitrogens with one attached hydrogen (secondary N) is 1. The van der Waals surface area contributed by atoms with Crippen molar-refractivity contribution >= 4 is 22.8 Å². The highest BCUT2D eigenvalue weighted by Gasteiger charge is 2.21. The van der Waals surface area contributed by atoms with Gasteiger partial charge in [0, 0.05) is 31.4 Å². The molecular formula is C21H20FN3O3. The number of amides is 2. The molecule has 1 aromatic heterocycles. The predicted octanol–water partition coefficient (Wildman–Crippen LogP) is 2.95. The lowest BCUT2D eigenvalue weighted by Crippen LogP contribution is -2.27. The largest absolute Gasteiger partial charge is 0.356 e. The molecular weight excluding hydrogens is 361 g/mol. The first-order valence-corrected chi connectivity index (χ1v) is 9.25. The molecule has 2 heterocycles. The molecule has 6 nitrogen and oxygen atoms in total. The lowest BCUT2D eigenvalue weighted by molar-refractivity contribution is -0.128. The second-order valence-corrected chi connectivity index (χ2v) is 6.91. The van der Waals surface area contributed by atoms with Crippen molar-refractivity contribution in [3.05, 3.63) is 65.1 Å². The molecule has 0 bridgehead atoms. The van der Waals surface area contributed by atoms with Gasteiger partial charge in [-0.1, -0.05) is 29.4 Å². The van der Waals surface area contributed by atoms with E-state index in [1.54, 1.807) is 0 Å². The maximum absolute atomic E-state index is 13.4. The number of nitrogens with zero attached hydrogens (tertiary/aromatic N) is 2. The zero-order valence-electron chi connectivity index (χ0n) is 15.3. The molecule has 3 aromatic rings. The van der Waals surface area contributed by atoms with E-state index < -0.39 is 5.82 Å². The Morgan fingerprint density at radius 1 is 1.21 bits per heavy atom. The van der Waals surface area contributed by atoms with Gasteiger partial charge in [-0.05, 0) is 35.7 Å². The summed E-state index contributed by atoms with van der Waals surface area (Å²) < 4.78 is 18.6. The van der Waals surface area contributed by atoms with E-state index in [2.05, 4.69) is 10.5 Å². The van der Waals surface area contributed by atoms with Crippen LogP contribution in [0.15, 0.2) is 47.0 Å². The average Bonchev–Trinajstić information content (AvgIpc) is 3.27. The Labute approximate surface area is 161 Å². The summed E-state index contributed by atoms with van der Waals surface area (Å²) in [6.07, 6.45) is 1.50. The van der Waals surface area contributed by atoms with E-state index in [4.69, 9.17) is 4.52 Å². The Morgan fingerprint density at radius 2 is 2.04 bits per heavy atom. The molecule has 1 saturated heterocycles. The molecule has 144 valence electrons. The van der Waals surface area contributed by atoms with Gasteiger partial charge in [0.2, 0.25) is 11.8 Å². The van der Waals surface area contributed by atoms with Crippen molar-refractivity contribution in [3.63, 3.8) is 0 Å². The van der Waals surface area contributed by atoms with E-state index in [0.29, 0.717) is 36.2 Å². The minimum atomic E-state index is -0.400. The van der Waals surface area contributed by atoms with Gasteiger partial charge < -0.3 is 14.7 Å². The smallest absolute Gasteiger partial charge is 0.226 e. The van der Waals surface area contributed by atoms with Gasteiger partial charge in [-0.2, -0.15) is 0 Å². The average molecular weight is 381 g/mol. The van der Waals surface area contributed by atoms with Crippen LogP contribution in [0.2, 0.25) is 0 Å². The lowest BCUT2D eigenvalue weighted by Gasteiger charge is -2.18. The fraction of sp³-hybridized carbons (Fsp3) is 0.286. The second-order valence-electron chi connectivity index (χ2n) is 6.91. The van der Waals surface area contributed by atoms with Gasteiger partial charge in [0.15, 0.2) is 5.58 Å². The fourth-order valence-electron chi connectivity index (χ4n) is 3.46. The van der Waals surface area contributed by atoms with Gasteiger partial charge in [-0.25, -0.2) is 4.39 Å². The third-order valence-corrected chi connectivity index (χ3v) is 4.96. The van der Waals surface area contributed by atoms with Crippen LogP contribution in [0.5, 0.6) is 0 Å². The SMILES string of the molecule is O=C(Cc1noc2ccc(F)cc12)NCc1ccccc1CN1CCCC1=O. The standard InChI is InChI=1S/C21H20FN3O3/c22-16-7-8-19-17(10-16)18(24-28-19)11-20(26)23-12-14-4-1-2-5-15(14)13-25-9-3-6-21(25)27/h1-2,4-5,7-8,10H,3,6,9,11-13H2,(H,23,26). The number of likely N-dealkylation sites (tertiary alicyclic amines) is 1. The number of hydrogen-bond donors (Lipinski definition) is 1. The Morgan fingerprint density at radius 3 is 2.82 bits per heavy atom. The van der Waals surface area contributed by atoms with Gasteiger partial charge in [0.05, 0.1) is 6.42 Å². The quantitative estimate of drug-likeness (QED) is 0.712. The second kappa shape index (κ2) is 7.80. The molecule has 1 N–H and O–H groups in total. The van der Waals surface area contributed by atoms with Crippen LogP contribution >= 0.6 is 0 Å². The highest BCUT2D eigenvalue weighted by molar-refractivity contribution is 5.86. The Balaban J connectivity index is 1.41. The number of carbonyl (C=O) groups is 2. The van der Waals surface area contributed by atoms with Crippen molar-refractivity contribution in [2.75, 3.05) is 6.54 Å². The van der Waals surface area contributed by atoms with E-state index in [1.165, 1.54) is 18.2 Å². The van der Waals surface area contributed by atoms with Crippen molar-refractivity contribution in [2.45, 2.75) is 32.4 Å². The highest BCUT2D eigenvalue weighted by Crippen LogP contribution is 2.20. The summed E-state index contributed by atoms with van der Waals surface area (Å²) in [7, 11) is 0. The van der Waals surface area contributed by atoms with Crippen molar-refractivity contribution in [2.24, 2.45) is 0 Å². The van der Waals surface area contributed by atoms with E-state index in [9.17, 15) is 14.0 Å². The summed E-state index contributed by atoms with van der Waals surface area (Å²) in [4.78, 5) is 26.1. The Kier molecular flexibility index (Phi) is 5.06. The van der Waals surface area contributed by atoms with Gasteiger partial charge >= 0.3 is 0 Å². The van der Waals surface area contributed by atoms with Crippen LogP contribution in [0, 0.1) is 5.82 Å². The molecule has 0 radical (unpaired) electrons. The third kappa shape index (κ3) is 3.88. The first kappa shape index (κ1) is 18.2. The topological polar surface area (TPSA) is 75.4 Å². The van der Waals surface area contributed by atoms with Crippen LogP contribution < -0.4 is 5.32 Å². The van der Waals surface area contributed by atoms with Crippen molar-refractivity contribution in [1.29, 1.82) is 0 Å². The van der Waals surface area contributed by atoms with E-state index >= 15 is 0 Å². The van der Waals surface area contributed by atoms with E-state index in [-0.39, 0.29) is 18.2 Å². The third-order valence-electron chi connectivity index (χ3n) is 4.96. The molecule has 0 atom stereocenters. The van der Waals surface area contributed by atoms with Crippen LogP contribution in [0.4, 0.5) is 4.39 Å². The number of carbonyl (C=O) groups excluding carboxylic acids is 2. The van der Waals surface area contributed by atoms with Crippen LogP contribution in [-0.4, -0.2) is 28.4 Å². The first-order chi connectivity index (χ1) is 13.6. The lowest BCUT2D eigenvalue weighted by atomic mass is 10.1. The molecule has 1 aliphatic rings. The minimum Gasteiger partial charge on any atom is -0.356 e. The van der Waals surface area contributed by atoms with Crippen LogP contribution in [-0.2, 0) is 29.1 Å². The molecule has 0 unspecified atom stereocenters. The molecule has 2 aromatic carbocycles. The van der Waals surface area contributed by atoms with Crippen LogP contribution in [0.25, 0.3) is 11.0 Å². The highest BCUT2D eigenvalue weighted by atomic mass is 19.1. The van der Waals surface area contributed by atoms with E-state index in [1.807, 2.05) is 29.2 Å². The summed E-state index contributed by atoms with van der Waals surface area (Å²) in [6.45, 7) is 1.68. The predicted molar refractivity (Wildman–Crippen MR) is 101 cm³/mol. The summed E-state index contributed by atoms with van der Waals surface area (Å²) in [6, 6.07) is 11.9. The molecule has 2 amide bonds. The number of fused-ring (bicyclic) bond motifs is 1. The maximum Gasteiger partial charge on any atom is 0.226 e. The monoisotopic (exact) mass is 381 g/mol. The van der Waals surface area contributed by atoms with Crippen LogP contribution in [0.3, 0.4) is 0 Å². The summed E-state index contributed by atoms with van der Waals surface area (Å²) in [5.74, 6) is -0.460. The van der Waals surface area contributed by atoms with E-state index in [0.717, 1.165) is 24.1 Å². The normalized spacial score (nSPS) is 14.0. The molecule has 0 spiro atoms. The molecule has 28 heavy (non-hydrogen) atoms. The number of halogens is 1. The molecule has 0 saturated carbocycles. The van der Waals surface area contributed by atoms with Gasteiger partial charge in [0.25, 0.3) is 0 Å². The minimum absolute atomic E-state index is 0.00321.